The molecule has 2 saturated heterocycles. The van der Waals surface area contributed by atoms with Crippen molar-refractivity contribution in [1.82, 2.24) is 4.90 Å². The van der Waals surface area contributed by atoms with Gasteiger partial charge < -0.3 is 19.5 Å². The monoisotopic (exact) mass is 365 g/mol. The number of carbonyl (C=O) groups is 1. The Morgan fingerprint density at radius 3 is 2.68 bits per heavy atom. The number of nitrogens with zero attached hydrogens (tertiary/aromatic N) is 1. The highest BCUT2D eigenvalue weighted by Gasteiger charge is 2.44. The van der Waals surface area contributed by atoms with Gasteiger partial charge in [-0.25, -0.2) is 4.79 Å². The quantitative estimate of drug-likeness (QED) is 0.760. The second-order valence-corrected chi connectivity index (χ2v) is 7.03. The predicted molar refractivity (Wildman–Crippen MR) is 85.3 cm³/mol. The van der Waals surface area contributed by atoms with Gasteiger partial charge in [0.05, 0.1) is 24.9 Å². The van der Waals surface area contributed by atoms with Crippen molar-refractivity contribution in [3.8, 4) is 0 Å². The highest BCUT2D eigenvalue weighted by atomic mass is 19.4. The van der Waals surface area contributed by atoms with Crippen LogP contribution < -0.4 is 0 Å². The van der Waals surface area contributed by atoms with Crippen LogP contribution in [0, 0.1) is 5.92 Å². The molecule has 0 aromatic carbocycles. The van der Waals surface area contributed by atoms with Crippen molar-refractivity contribution in [2.24, 2.45) is 5.92 Å². The van der Waals surface area contributed by atoms with Gasteiger partial charge in [0.2, 0.25) is 0 Å². The summed E-state index contributed by atoms with van der Waals surface area (Å²) in [4.78, 5) is 11.5. The van der Waals surface area contributed by atoms with Gasteiger partial charge in [-0.15, -0.1) is 6.58 Å². The van der Waals surface area contributed by atoms with E-state index in [1.165, 1.54) is 38.8 Å². The maximum absolute atomic E-state index is 10.6. The van der Waals surface area contributed by atoms with E-state index in [0.717, 1.165) is 25.5 Å². The van der Waals surface area contributed by atoms with E-state index in [-0.39, 0.29) is 11.7 Å². The zero-order chi connectivity index (χ0) is 18.5. The molecule has 3 rings (SSSR count). The van der Waals surface area contributed by atoms with Crippen LogP contribution in [-0.4, -0.2) is 66.7 Å². The number of aliphatic carboxylic acids is 1. The van der Waals surface area contributed by atoms with Crippen molar-refractivity contribution in [2.75, 3.05) is 32.8 Å². The SMILES string of the molecule is C=CCOC1COC2(CCCN(CC3CC3)C2)C1.O=C(O)C(F)(F)F. The van der Waals surface area contributed by atoms with Crippen molar-refractivity contribution >= 4 is 5.97 Å². The predicted octanol–water partition coefficient (Wildman–Crippen LogP) is 2.86. The van der Waals surface area contributed by atoms with Gasteiger partial charge >= 0.3 is 12.1 Å². The molecule has 1 spiro atoms. The summed E-state index contributed by atoms with van der Waals surface area (Å²) in [5.41, 5.74) is 0.0962. The number of carboxylic acids is 1. The first-order chi connectivity index (χ1) is 11.7. The lowest BCUT2D eigenvalue weighted by atomic mass is 9.89. The van der Waals surface area contributed by atoms with Gasteiger partial charge in [-0.2, -0.15) is 13.2 Å². The highest BCUT2D eigenvalue weighted by Crippen LogP contribution is 2.38. The zero-order valence-corrected chi connectivity index (χ0v) is 14.3. The molecule has 144 valence electrons. The molecule has 8 heteroatoms. The molecule has 0 bridgehead atoms. The number of piperidine rings is 1. The molecule has 2 aliphatic heterocycles. The Bertz CT molecular complexity index is 467. The summed E-state index contributed by atoms with van der Waals surface area (Å²) in [7, 11) is 0. The van der Waals surface area contributed by atoms with Crippen LogP contribution >= 0.6 is 0 Å². The number of carboxylic acid groups (broad SMARTS) is 1. The van der Waals surface area contributed by atoms with Gasteiger partial charge in [-0.05, 0) is 38.1 Å². The summed E-state index contributed by atoms with van der Waals surface area (Å²) in [5.74, 6) is -1.78. The summed E-state index contributed by atoms with van der Waals surface area (Å²) >= 11 is 0. The standard InChI is InChI=1S/C15H25NO2.C2HF3O2/c1-2-8-17-14-9-15(18-11-14)6-3-7-16(12-15)10-13-4-5-13;3-2(4,5)1(6)7/h2,13-14H,1,3-12H2;(H,6,7). The minimum absolute atomic E-state index is 0.0962. The second kappa shape index (κ2) is 8.51. The normalized spacial score (nSPS) is 30.0. The first-order valence-corrected chi connectivity index (χ1v) is 8.63. The van der Waals surface area contributed by atoms with Crippen molar-refractivity contribution in [2.45, 2.75) is 50.0 Å². The molecule has 0 aromatic heterocycles. The summed E-state index contributed by atoms with van der Waals surface area (Å²) in [6, 6.07) is 0. The number of alkyl halides is 3. The van der Waals surface area contributed by atoms with Gasteiger partial charge in [0.25, 0.3) is 0 Å². The van der Waals surface area contributed by atoms with Crippen molar-refractivity contribution < 1.29 is 32.5 Å². The average Bonchev–Trinajstić information content (AvgIpc) is 3.26. The molecule has 0 radical (unpaired) electrons. The van der Waals surface area contributed by atoms with E-state index in [2.05, 4.69) is 11.5 Å². The number of likely N-dealkylation sites (tertiary alicyclic amines) is 1. The Hall–Kier alpha value is -1.12. The smallest absolute Gasteiger partial charge is 0.475 e. The van der Waals surface area contributed by atoms with Crippen LogP contribution in [0.15, 0.2) is 12.7 Å². The van der Waals surface area contributed by atoms with E-state index < -0.39 is 12.1 Å². The molecule has 2 unspecified atom stereocenters. The first-order valence-electron chi connectivity index (χ1n) is 8.63. The van der Waals surface area contributed by atoms with E-state index in [1.54, 1.807) is 0 Å². The minimum Gasteiger partial charge on any atom is -0.475 e. The lowest BCUT2D eigenvalue weighted by molar-refractivity contribution is -0.192. The lowest BCUT2D eigenvalue weighted by Crippen LogP contribution is -2.48. The van der Waals surface area contributed by atoms with Crippen molar-refractivity contribution in [1.29, 1.82) is 0 Å². The molecule has 5 nitrogen and oxygen atoms in total. The molecule has 1 saturated carbocycles. The summed E-state index contributed by atoms with van der Waals surface area (Å²) < 4.78 is 43.6. The average molecular weight is 365 g/mol. The van der Waals surface area contributed by atoms with Crippen LogP contribution in [0.4, 0.5) is 13.2 Å². The summed E-state index contributed by atoms with van der Waals surface area (Å²) in [6.45, 7) is 8.80. The van der Waals surface area contributed by atoms with Gasteiger partial charge in [-0.1, -0.05) is 6.08 Å². The fourth-order valence-electron chi connectivity index (χ4n) is 3.41. The van der Waals surface area contributed by atoms with Crippen molar-refractivity contribution in [3.63, 3.8) is 0 Å². The van der Waals surface area contributed by atoms with Crippen LogP contribution in [0.1, 0.15) is 32.1 Å². The van der Waals surface area contributed by atoms with Crippen molar-refractivity contribution in [3.05, 3.63) is 12.7 Å². The maximum Gasteiger partial charge on any atom is 0.490 e. The molecule has 0 aromatic rings. The largest absolute Gasteiger partial charge is 0.490 e. The Balaban J connectivity index is 0.000000277. The third-order valence-corrected chi connectivity index (χ3v) is 4.70. The number of rotatable bonds is 5. The first kappa shape index (κ1) is 20.2. The van der Waals surface area contributed by atoms with E-state index in [1.807, 2.05) is 6.08 Å². The Labute approximate surface area is 145 Å². The second-order valence-electron chi connectivity index (χ2n) is 7.03. The fourth-order valence-corrected chi connectivity index (χ4v) is 3.41. The van der Waals surface area contributed by atoms with Gasteiger partial charge in [-0.3, -0.25) is 0 Å². The molecule has 3 aliphatic rings. The summed E-state index contributed by atoms with van der Waals surface area (Å²) in [6.07, 6.45) is 3.46. The molecule has 3 fully saturated rings. The number of hydrogen-bond acceptors (Lipinski definition) is 4. The molecule has 1 N–H and O–H groups in total. The van der Waals surface area contributed by atoms with Gasteiger partial charge in [0.15, 0.2) is 0 Å². The molecule has 2 atom stereocenters. The molecule has 25 heavy (non-hydrogen) atoms. The Morgan fingerprint density at radius 1 is 1.44 bits per heavy atom. The lowest BCUT2D eigenvalue weighted by Gasteiger charge is -2.39. The summed E-state index contributed by atoms with van der Waals surface area (Å²) in [5, 5.41) is 7.12. The zero-order valence-electron chi connectivity index (χ0n) is 14.3. The van der Waals surface area contributed by atoms with Gasteiger partial charge in [0.1, 0.15) is 0 Å². The van der Waals surface area contributed by atoms with Crippen LogP contribution in [-0.2, 0) is 14.3 Å². The third kappa shape index (κ3) is 6.60. The van der Waals surface area contributed by atoms with E-state index >= 15 is 0 Å². The highest BCUT2D eigenvalue weighted by molar-refractivity contribution is 5.73. The van der Waals surface area contributed by atoms with E-state index in [0.29, 0.717) is 6.61 Å². The van der Waals surface area contributed by atoms with Crippen LogP contribution in [0.3, 0.4) is 0 Å². The third-order valence-electron chi connectivity index (χ3n) is 4.70. The fraction of sp³-hybridized carbons (Fsp3) is 0.824. The van der Waals surface area contributed by atoms with Crippen LogP contribution in [0.5, 0.6) is 0 Å². The minimum atomic E-state index is -5.08. The van der Waals surface area contributed by atoms with Crippen LogP contribution in [0.25, 0.3) is 0 Å². The molecular weight excluding hydrogens is 339 g/mol. The Morgan fingerprint density at radius 2 is 2.12 bits per heavy atom. The molecular formula is C17H26F3NO4. The topological polar surface area (TPSA) is 59.0 Å². The van der Waals surface area contributed by atoms with E-state index in [4.69, 9.17) is 19.4 Å². The number of halogens is 3. The molecule has 2 heterocycles. The van der Waals surface area contributed by atoms with E-state index in [9.17, 15) is 13.2 Å². The molecule has 1 aliphatic carbocycles. The van der Waals surface area contributed by atoms with Gasteiger partial charge in [0, 0.05) is 19.5 Å². The Kier molecular flexibility index (Phi) is 6.87. The number of hydrogen-bond donors (Lipinski definition) is 1. The van der Waals surface area contributed by atoms with Crippen LogP contribution in [0.2, 0.25) is 0 Å². The molecule has 0 amide bonds. The maximum atomic E-state index is 10.6. The number of ether oxygens (including phenoxy) is 2.